The van der Waals surface area contributed by atoms with E-state index in [9.17, 15) is 9.18 Å². The van der Waals surface area contributed by atoms with Crippen LogP contribution in [0.15, 0.2) is 24.3 Å². The predicted octanol–water partition coefficient (Wildman–Crippen LogP) is 4.26. The average molecular weight is 281 g/mol. The molecule has 4 heteroatoms. The van der Waals surface area contributed by atoms with Crippen LogP contribution in [0.5, 0.6) is 0 Å². The van der Waals surface area contributed by atoms with Crippen LogP contribution in [0.4, 0.5) is 4.39 Å². The zero-order valence-corrected chi connectivity index (χ0v) is 11.1. The summed E-state index contributed by atoms with van der Waals surface area (Å²) in [6, 6.07) is 6.07. The highest BCUT2D eigenvalue weighted by Crippen LogP contribution is 2.32. The van der Waals surface area contributed by atoms with Crippen LogP contribution in [0.25, 0.3) is 0 Å². The maximum atomic E-state index is 13.7. The maximum Gasteiger partial charge on any atom is 0.205 e. The van der Waals surface area contributed by atoms with Gasteiger partial charge >= 0.3 is 0 Å². The van der Waals surface area contributed by atoms with E-state index in [4.69, 9.17) is 11.6 Å². The standard InChI is InChI=1S/C14H10ClFOS/c15-9-4-5-10(11(16)7-9)14(17)13-6-8-2-1-3-12(8)18-13/h4-7H,1-3H2. The lowest BCUT2D eigenvalue weighted by molar-refractivity contribution is 0.103. The molecular weight excluding hydrogens is 271 g/mol. The summed E-state index contributed by atoms with van der Waals surface area (Å²) in [6.45, 7) is 0. The van der Waals surface area contributed by atoms with Crippen molar-refractivity contribution in [3.05, 3.63) is 56.0 Å². The van der Waals surface area contributed by atoms with Gasteiger partial charge in [-0.15, -0.1) is 11.3 Å². The van der Waals surface area contributed by atoms with E-state index in [0.29, 0.717) is 9.90 Å². The molecule has 1 aliphatic carbocycles. The van der Waals surface area contributed by atoms with E-state index in [2.05, 4.69) is 0 Å². The number of fused-ring (bicyclic) bond motifs is 1. The molecular formula is C14H10ClFOS. The fourth-order valence-electron chi connectivity index (χ4n) is 2.25. The van der Waals surface area contributed by atoms with Crippen molar-refractivity contribution in [1.29, 1.82) is 0 Å². The molecule has 0 bridgehead atoms. The van der Waals surface area contributed by atoms with Crippen LogP contribution in [0.1, 0.15) is 32.1 Å². The van der Waals surface area contributed by atoms with Gasteiger partial charge in [-0.05, 0) is 49.1 Å². The molecule has 2 aromatic rings. The Morgan fingerprint density at radius 1 is 1.28 bits per heavy atom. The third-order valence-corrected chi connectivity index (χ3v) is 4.62. The molecule has 0 spiro atoms. The number of rotatable bonds is 2. The molecule has 1 aliphatic rings. The van der Waals surface area contributed by atoms with E-state index in [1.54, 1.807) is 6.07 Å². The Balaban J connectivity index is 1.98. The van der Waals surface area contributed by atoms with Crippen molar-refractivity contribution in [2.45, 2.75) is 19.3 Å². The number of carbonyl (C=O) groups excluding carboxylic acids is 1. The number of benzene rings is 1. The van der Waals surface area contributed by atoms with Crippen molar-refractivity contribution in [2.24, 2.45) is 0 Å². The van der Waals surface area contributed by atoms with Gasteiger partial charge in [-0.3, -0.25) is 4.79 Å². The molecule has 0 atom stereocenters. The predicted molar refractivity (Wildman–Crippen MR) is 71.2 cm³/mol. The van der Waals surface area contributed by atoms with Gasteiger partial charge in [0.05, 0.1) is 10.4 Å². The Bertz CT molecular complexity index is 611. The lowest BCUT2D eigenvalue weighted by atomic mass is 10.1. The first-order valence-corrected chi connectivity index (χ1v) is 6.96. The smallest absolute Gasteiger partial charge is 0.205 e. The van der Waals surface area contributed by atoms with Gasteiger partial charge in [-0.1, -0.05) is 11.6 Å². The normalized spacial score (nSPS) is 13.7. The van der Waals surface area contributed by atoms with Crippen LogP contribution in [-0.4, -0.2) is 5.78 Å². The van der Waals surface area contributed by atoms with Crippen molar-refractivity contribution in [2.75, 3.05) is 0 Å². The molecule has 1 aromatic heterocycles. The number of thiophene rings is 1. The second-order valence-corrected chi connectivity index (χ2v) is 5.94. The number of ketones is 1. The van der Waals surface area contributed by atoms with Crippen LogP contribution in [-0.2, 0) is 12.8 Å². The summed E-state index contributed by atoms with van der Waals surface area (Å²) in [5.41, 5.74) is 1.34. The molecule has 0 saturated carbocycles. The van der Waals surface area contributed by atoms with Gasteiger partial charge in [0.2, 0.25) is 5.78 Å². The molecule has 1 aromatic carbocycles. The summed E-state index contributed by atoms with van der Waals surface area (Å²) in [5, 5.41) is 0.303. The zero-order chi connectivity index (χ0) is 12.7. The van der Waals surface area contributed by atoms with E-state index in [-0.39, 0.29) is 11.3 Å². The van der Waals surface area contributed by atoms with E-state index in [1.807, 2.05) is 6.07 Å². The van der Waals surface area contributed by atoms with Crippen molar-refractivity contribution in [3.63, 3.8) is 0 Å². The summed E-state index contributed by atoms with van der Waals surface area (Å²) in [6.07, 6.45) is 3.23. The third kappa shape index (κ3) is 1.98. The summed E-state index contributed by atoms with van der Waals surface area (Å²) in [4.78, 5) is 14.1. The molecule has 0 aliphatic heterocycles. The lowest BCUT2D eigenvalue weighted by Crippen LogP contribution is -2.02. The average Bonchev–Trinajstić information content (AvgIpc) is 2.87. The van der Waals surface area contributed by atoms with Gasteiger partial charge in [0.1, 0.15) is 5.82 Å². The largest absolute Gasteiger partial charge is 0.288 e. The van der Waals surface area contributed by atoms with Crippen molar-refractivity contribution < 1.29 is 9.18 Å². The van der Waals surface area contributed by atoms with Gasteiger partial charge < -0.3 is 0 Å². The van der Waals surface area contributed by atoms with Crippen molar-refractivity contribution in [1.82, 2.24) is 0 Å². The number of aryl methyl sites for hydroxylation is 2. The maximum absolute atomic E-state index is 13.7. The molecule has 1 nitrogen and oxygen atoms in total. The van der Waals surface area contributed by atoms with Crippen LogP contribution >= 0.6 is 22.9 Å². The molecule has 1 heterocycles. The van der Waals surface area contributed by atoms with E-state index < -0.39 is 5.82 Å². The van der Waals surface area contributed by atoms with Crippen LogP contribution < -0.4 is 0 Å². The Morgan fingerprint density at radius 3 is 2.83 bits per heavy atom. The number of carbonyl (C=O) groups is 1. The first kappa shape index (κ1) is 11.9. The highest BCUT2D eigenvalue weighted by Gasteiger charge is 2.21. The molecule has 3 rings (SSSR count). The summed E-state index contributed by atoms with van der Waals surface area (Å²) in [5.74, 6) is -0.801. The summed E-state index contributed by atoms with van der Waals surface area (Å²) in [7, 11) is 0. The SMILES string of the molecule is O=C(c1cc2c(s1)CCC2)c1ccc(Cl)cc1F. The second-order valence-electron chi connectivity index (χ2n) is 4.37. The van der Waals surface area contributed by atoms with Crippen LogP contribution in [0.3, 0.4) is 0 Å². The Hall–Kier alpha value is -1.19. The van der Waals surface area contributed by atoms with Crippen molar-refractivity contribution in [3.8, 4) is 0 Å². The molecule has 0 fully saturated rings. The summed E-state index contributed by atoms with van der Waals surface area (Å²) >= 11 is 7.17. The topological polar surface area (TPSA) is 17.1 Å². The minimum atomic E-state index is -0.555. The lowest BCUT2D eigenvalue weighted by Gasteiger charge is -2.01. The van der Waals surface area contributed by atoms with E-state index in [0.717, 1.165) is 19.3 Å². The highest BCUT2D eigenvalue weighted by atomic mass is 35.5. The fraction of sp³-hybridized carbons (Fsp3) is 0.214. The van der Waals surface area contributed by atoms with Crippen molar-refractivity contribution >= 4 is 28.7 Å². The van der Waals surface area contributed by atoms with Gasteiger partial charge in [-0.2, -0.15) is 0 Å². The molecule has 18 heavy (non-hydrogen) atoms. The number of hydrogen-bond acceptors (Lipinski definition) is 2. The number of halogens is 2. The summed E-state index contributed by atoms with van der Waals surface area (Å²) < 4.78 is 13.7. The Kier molecular flexibility index (Phi) is 2.96. The van der Waals surface area contributed by atoms with Gasteiger partial charge in [-0.25, -0.2) is 4.39 Å². The first-order valence-electron chi connectivity index (χ1n) is 5.76. The van der Waals surface area contributed by atoms with Gasteiger partial charge in [0.25, 0.3) is 0 Å². The molecule has 0 amide bonds. The zero-order valence-electron chi connectivity index (χ0n) is 9.50. The third-order valence-electron chi connectivity index (χ3n) is 3.15. The monoisotopic (exact) mass is 280 g/mol. The minimum absolute atomic E-state index is 0.0966. The minimum Gasteiger partial charge on any atom is -0.288 e. The second kappa shape index (κ2) is 4.48. The van der Waals surface area contributed by atoms with Gasteiger partial charge in [0, 0.05) is 9.90 Å². The van der Waals surface area contributed by atoms with Crippen LogP contribution in [0, 0.1) is 5.82 Å². The molecule has 0 unspecified atom stereocenters. The van der Waals surface area contributed by atoms with Crippen LogP contribution in [0.2, 0.25) is 5.02 Å². The fourth-order valence-corrected chi connectivity index (χ4v) is 3.61. The molecule has 0 N–H and O–H groups in total. The van der Waals surface area contributed by atoms with E-state index >= 15 is 0 Å². The molecule has 92 valence electrons. The first-order chi connectivity index (χ1) is 8.65. The van der Waals surface area contributed by atoms with E-state index in [1.165, 1.54) is 33.9 Å². The quantitative estimate of drug-likeness (QED) is 0.751. The Morgan fingerprint density at radius 2 is 2.11 bits per heavy atom. The number of hydrogen-bond donors (Lipinski definition) is 0. The highest BCUT2D eigenvalue weighted by molar-refractivity contribution is 7.14. The van der Waals surface area contributed by atoms with Gasteiger partial charge in [0.15, 0.2) is 0 Å². The molecule has 0 radical (unpaired) electrons. The molecule has 0 saturated heterocycles. The Labute approximate surface area is 113 Å².